The molecule has 1 aromatic heterocycles. The Hall–Kier alpha value is -5.06. The van der Waals surface area contributed by atoms with Crippen molar-refractivity contribution in [2.45, 2.75) is 42.2 Å². The summed E-state index contributed by atoms with van der Waals surface area (Å²) in [7, 11) is 3.00. The van der Waals surface area contributed by atoms with Gasteiger partial charge in [0, 0.05) is 15.5 Å². The topological polar surface area (TPSA) is 103 Å². The first-order chi connectivity index (χ1) is 24.4. The van der Waals surface area contributed by atoms with Gasteiger partial charge >= 0.3 is 5.97 Å². The smallest absolute Gasteiger partial charge is 0.341 e. The SMILES string of the molecule is CCOC(=O)c1c(NC(=O)C(Sc2cccc(NC(=O)c3c(OC)cccc3OC)c2)c2ccccc2)sc2c1CCC(c1ccccc1)C2. The summed E-state index contributed by atoms with van der Waals surface area (Å²) in [5, 5.41) is 5.93. The first-order valence-electron chi connectivity index (χ1n) is 16.4. The number of esters is 1. The van der Waals surface area contributed by atoms with Crippen molar-refractivity contribution in [1.82, 2.24) is 0 Å². The zero-order valence-corrected chi connectivity index (χ0v) is 29.7. The van der Waals surface area contributed by atoms with Crippen molar-refractivity contribution in [2.24, 2.45) is 0 Å². The quantitative estimate of drug-likeness (QED) is 0.0987. The van der Waals surface area contributed by atoms with Gasteiger partial charge in [0.15, 0.2) is 0 Å². The molecule has 0 spiro atoms. The van der Waals surface area contributed by atoms with Crippen molar-refractivity contribution >= 4 is 51.6 Å². The summed E-state index contributed by atoms with van der Waals surface area (Å²) < 4.78 is 16.3. The Bertz CT molecular complexity index is 1960. The third-order valence-corrected chi connectivity index (χ3v) is 11.0. The Morgan fingerprint density at radius 1 is 0.840 bits per heavy atom. The van der Waals surface area contributed by atoms with Crippen LogP contribution in [-0.4, -0.2) is 38.6 Å². The second-order valence-electron chi connectivity index (χ2n) is 11.7. The number of nitrogens with one attached hydrogen (secondary N) is 2. The normalized spacial score (nSPS) is 14.2. The molecule has 0 aliphatic heterocycles. The number of fused-ring (bicyclic) bond motifs is 1. The minimum atomic E-state index is -0.664. The molecule has 256 valence electrons. The number of hydrogen-bond acceptors (Lipinski definition) is 8. The lowest BCUT2D eigenvalue weighted by Gasteiger charge is -2.23. The second-order valence-corrected chi connectivity index (χ2v) is 14.0. The van der Waals surface area contributed by atoms with Gasteiger partial charge < -0.3 is 24.8 Å². The Morgan fingerprint density at radius 2 is 1.52 bits per heavy atom. The van der Waals surface area contributed by atoms with E-state index in [0.29, 0.717) is 33.7 Å². The molecule has 5 aromatic rings. The van der Waals surface area contributed by atoms with Crippen LogP contribution in [-0.2, 0) is 22.4 Å². The highest BCUT2D eigenvalue weighted by atomic mass is 32.2. The number of thiophene rings is 1. The van der Waals surface area contributed by atoms with Crippen LogP contribution in [0.5, 0.6) is 11.5 Å². The van der Waals surface area contributed by atoms with Gasteiger partial charge in [-0.1, -0.05) is 72.8 Å². The summed E-state index contributed by atoms with van der Waals surface area (Å²) >= 11 is 2.82. The van der Waals surface area contributed by atoms with E-state index in [1.54, 1.807) is 31.2 Å². The largest absolute Gasteiger partial charge is 0.496 e. The summed E-state index contributed by atoms with van der Waals surface area (Å²) in [4.78, 5) is 42.9. The molecule has 10 heteroatoms. The van der Waals surface area contributed by atoms with E-state index < -0.39 is 11.2 Å². The van der Waals surface area contributed by atoms with Crippen LogP contribution >= 0.6 is 23.1 Å². The highest BCUT2D eigenvalue weighted by molar-refractivity contribution is 8.00. The van der Waals surface area contributed by atoms with Gasteiger partial charge in [0.2, 0.25) is 5.91 Å². The molecule has 0 bridgehead atoms. The minimum Gasteiger partial charge on any atom is -0.496 e. The lowest BCUT2D eigenvalue weighted by molar-refractivity contribution is -0.115. The molecule has 0 fully saturated rings. The highest BCUT2D eigenvalue weighted by Gasteiger charge is 2.32. The van der Waals surface area contributed by atoms with E-state index in [1.165, 1.54) is 42.9 Å². The summed E-state index contributed by atoms with van der Waals surface area (Å²) in [6.07, 6.45) is 2.43. The molecule has 2 atom stereocenters. The summed E-state index contributed by atoms with van der Waals surface area (Å²) in [6.45, 7) is 2.02. The number of methoxy groups -OCH3 is 2. The number of hydrogen-bond donors (Lipinski definition) is 2. The maximum absolute atomic E-state index is 14.3. The number of carbonyl (C=O) groups is 3. The van der Waals surface area contributed by atoms with Gasteiger partial charge in [0.05, 0.1) is 26.4 Å². The molecule has 2 N–H and O–H groups in total. The van der Waals surface area contributed by atoms with Crippen LogP contribution in [0.3, 0.4) is 0 Å². The van der Waals surface area contributed by atoms with Crippen molar-refractivity contribution < 1.29 is 28.6 Å². The fourth-order valence-electron chi connectivity index (χ4n) is 6.23. The van der Waals surface area contributed by atoms with Crippen molar-refractivity contribution in [3.8, 4) is 11.5 Å². The first-order valence-corrected chi connectivity index (χ1v) is 18.1. The molecule has 8 nitrogen and oxygen atoms in total. The maximum atomic E-state index is 14.3. The number of rotatable bonds is 12. The van der Waals surface area contributed by atoms with Crippen LogP contribution in [0.2, 0.25) is 0 Å². The number of benzene rings is 4. The molecule has 2 amide bonds. The van der Waals surface area contributed by atoms with E-state index in [4.69, 9.17) is 14.2 Å². The summed E-state index contributed by atoms with van der Waals surface area (Å²) in [5.74, 6) is 0.0463. The van der Waals surface area contributed by atoms with E-state index in [2.05, 4.69) is 34.9 Å². The fourth-order valence-corrected chi connectivity index (χ4v) is 8.63. The van der Waals surface area contributed by atoms with E-state index in [0.717, 1.165) is 40.2 Å². The molecule has 50 heavy (non-hydrogen) atoms. The van der Waals surface area contributed by atoms with Crippen molar-refractivity contribution in [1.29, 1.82) is 0 Å². The number of carbonyl (C=O) groups excluding carboxylic acids is 3. The fraction of sp³-hybridized carbons (Fsp3) is 0.225. The average molecular weight is 707 g/mol. The molecular formula is C40H38N2O6S2. The lowest BCUT2D eigenvalue weighted by Crippen LogP contribution is -2.21. The predicted octanol–water partition coefficient (Wildman–Crippen LogP) is 8.94. The van der Waals surface area contributed by atoms with Crippen LogP contribution < -0.4 is 20.1 Å². The van der Waals surface area contributed by atoms with Crippen LogP contribution in [0.4, 0.5) is 10.7 Å². The summed E-state index contributed by atoms with van der Waals surface area (Å²) in [5.41, 5.74) is 4.32. The molecular weight excluding hydrogens is 669 g/mol. The predicted molar refractivity (Wildman–Crippen MR) is 199 cm³/mol. The molecule has 0 radical (unpaired) electrons. The average Bonchev–Trinajstić information content (AvgIpc) is 3.51. The molecule has 0 saturated carbocycles. The third kappa shape index (κ3) is 7.72. The van der Waals surface area contributed by atoms with Gasteiger partial charge in [0.1, 0.15) is 27.3 Å². The number of amides is 2. The third-order valence-electron chi connectivity index (χ3n) is 8.59. The highest BCUT2D eigenvalue weighted by Crippen LogP contribution is 2.44. The van der Waals surface area contributed by atoms with E-state index >= 15 is 0 Å². The van der Waals surface area contributed by atoms with Gasteiger partial charge in [-0.15, -0.1) is 23.1 Å². The molecule has 2 unspecified atom stereocenters. The second kappa shape index (κ2) is 16.1. The van der Waals surface area contributed by atoms with Crippen LogP contribution in [0.25, 0.3) is 0 Å². The molecule has 1 aliphatic carbocycles. The Balaban J connectivity index is 1.27. The number of thioether (sulfide) groups is 1. The van der Waals surface area contributed by atoms with Gasteiger partial charge in [-0.05, 0) is 79.1 Å². The van der Waals surface area contributed by atoms with E-state index in [1.807, 2.05) is 54.6 Å². The van der Waals surface area contributed by atoms with Crippen LogP contribution in [0.15, 0.2) is 108 Å². The minimum absolute atomic E-state index is 0.239. The van der Waals surface area contributed by atoms with Crippen molar-refractivity contribution in [2.75, 3.05) is 31.5 Å². The molecule has 1 aliphatic rings. The maximum Gasteiger partial charge on any atom is 0.341 e. The lowest BCUT2D eigenvalue weighted by atomic mass is 9.83. The van der Waals surface area contributed by atoms with Crippen molar-refractivity contribution in [3.05, 3.63) is 136 Å². The van der Waals surface area contributed by atoms with E-state index in [-0.39, 0.29) is 24.0 Å². The molecule has 4 aromatic carbocycles. The Labute approximate surface area is 300 Å². The first kappa shape index (κ1) is 34.8. The Kier molecular flexibility index (Phi) is 11.2. The van der Waals surface area contributed by atoms with E-state index in [9.17, 15) is 14.4 Å². The van der Waals surface area contributed by atoms with Crippen molar-refractivity contribution in [3.63, 3.8) is 0 Å². The van der Waals surface area contributed by atoms with Gasteiger partial charge in [0.25, 0.3) is 5.91 Å². The molecule has 6 rings (SSSR count). The number of ether oxygens (including phenoxy) is 3. The zero-order valence-electron chi connectivity index (χ0n) is 28.1. The van der Waals surface area contributed by atoms with Gasteiger partial charge in [-0.25, -0.2) is 4.79 Å². The van der Waals surface area contributed by atoms with Crippen LogP contribution in [0.1, 0.15) is 66.8 Å². The number of anilines is 2. The zero-order chi connectivity index (χ0) is 35.0. The van der Waals surface area contributed by atoms with Crippen LogP contribution in [0, 0.1) is 0 Å². The Morgan fingerprint density at radius 3 is 2.20 bits per heavy atom. The summed E-state index contributed by atoms with van der Waals surface area (Å²) in [6, 6.07) is 32.4. The van der Waals surface area contributed by atoms with Gasteiger partial charge in [-0.2, -0.15) is 0 Å². The molecule has 1 heterocycles. The van der Waals surface area contributed by atoms with Gasteiger partial charge in [-0.3, -0.25) is 9.59 Å². The monoisotopic (exact) mass is 706 g/mol. The molecule has 0 saturated heterocycles. The standard InChI is InChI=1S/C40H38N2O6S2/c1-4-48-40(45)34-30-22-21-27(25-13-7-5-8-14-25)23-33(30)50-39(34)42-38(44)36(26-15-9-6-10-16-26)49-29-18-11-17-28(24-29)41-37(43)35-31(46-2)19-12-20-32(35)47-3/h5-20,24,27,36H,4,21-23H2,1-3H3,(H,41,43)(H,42,44).